The standard InChI is InChI=1S/C17H26N2O2/c18-15-5-3-6-16(12-15)21-11-10-19-9-8-17(20)7-2-1-4-14(17)13-19/h3,5-6,12,14,20H,1-2,4,7-11,13,18H2. The van der Waals surface area contributed by atoms with Crippen molar-refractivity contribution in [3.63, 3.8) is 0 Å². The molecular weight excluding hydrogens is 264 g/mol. The van der Waals surface area contributed by atoms with Crippen molar-refractivity contribution in [3.05, 3.63) is 24.3 Å². The van der Waals surface area contributed by atoms with E-state index in [2.05, 4.69) is 4.90 Å². The Kier molecular flexibility index (Phi) is 4.36. The third-order valence-electron chi connectivity index (χ3n) is 5.05. The van der Waals surface area contributed by atoms with Crippen LogP contribution in [0.2, 0.25) is 0 Å². The normalized spacial score (nSPS) is 29.9. The first-order chi connectivity index (χ1) is 10.2. The molecule has 1 aromatic rings. The third-order valence-corrected chi connectivity index (χ3v) is 5.05. The van der Waals surface area contributed by atoms with Gasteiger partial charge in [0.2, 0.25) is 0 Å². The fraction of sp³-hybridized carbons (Fsp3) is 0.647. The van der Waals surface area contributed by atoms with Crippen LogP contribution in [0.1, 0.15) is 32.1 Å². The summed E-state index contributed by atoms with van der Waals surface area (Å²) in [6.45, 7) is 3.58. The van der Waals surface area contributed by atoms with E-state index in [0.717, 1.165) is 43.9 Å². The van der Waals surface area contributed by atoms with Gasteiger partial charge in [-0.25, -0.2) is 0 Å². The summed E-state index contributed by atoms with van der Waals surface area (Å²) in [4.78, 5) is 2.43. The largest absolute Gasteiger partial charge is 0.492 e. The Bertz CT molecular complexity index is 480. The molecule has 2 unspecified atom stereocenters. The predicted molar refractivity (Wildman–Crippen MR) is 84.3 cm³/mol. The Balaban J connectivity index is 1.46. The second-order valence-corrected chi connectivity index (χ2v) is 6.52. The Morgan fingerprint density at radius 3 is 3.10 bits per heavy atom. The van der Waals surface area contributed by atoms with Crippen molar-refractivity contribution in [2.75, 3.05) is 32.0 Å². The van der Waals surface area contributed by atoms with Crippen molar-refractivity contribution >= 4 is 5.69 Å². The van der Waals surface area contributed by atoms with Crippen molar-refractivity contribution in [3.8, 4) is 5.75 Å². The lowest BCUT2D eigenvalue weighted by atomic mass is 9.71. The molecule has 4 nitrogen and oxygen atoms in total. The van der Waals surface area contributed by atoms with Gasteiger partial charge in [0, 0.05) is 37.3 Å². The summed E-state index contributed by atoms with van der Waals surface area (Å²) < 4.78 is 5.77. The van der Waals surface area contributed by atoms with E-state index in [1.165, 1.54) is 19.3 Å². The van der Waals surface area contributed by atoms with Crippen molar-refractivity contribution in [1.82, 2.24) is 4.90 Å². The summed E-state index contributed by atoms with van der Waals surface area (Å²) in [7, 11) is 0. The van der Waals surface area contributed by atoms with E-state index in [1.807, 2.05) is 24.3 Å². The van der Waals surface area contributed by atoms with Gasteiger partial charge in [0.25, 0.3) is 0 Å². The van der Waals surface area contributed by atoms with Crippen molar-refractivity contribution in [2.45, 2.75) is 37.7 Å². The van der Waals surface area contributed by atoms with Crippen molar-refractivity contribution < 1.29 is 9.84 Å². The average Bonchev–Trinajstić information content (AvgIpc) is 2.47. The molecule has 3 rings (SSSR count). The summed E-state index contributed by atoms with van der Waals surface area (Å²) >= 11 is 0. The lowest BCUT2D eigenvalue weighted by Gasteiger charge is -2.47. The topological polar surface area (TPSA) is 58.7 Å². The molecule has 0 bridgehead atoms. The Morgan fingerprint density at radius 2 is 2.24 bits per heavy atom. The highest BCUT2D eigenvalue weighted by Crippen LogP contribution is 2.39. The van der Waals surface area contributed by atoms with E-state index in [4.69, 9.17) is 10.5 Å². The third kappa shape index (κ3) is 3.50. The molecule has 2 aliphatic rings. The summed E-state index contributed by atoms with van der Waals surface area (Å²) in [6.07, 6.45) is 5.52. The lowest BCUT2D eigenvalue weighted by Crippen LogP contribution is -2.53. The van der Waals surface area contributed by atoms with E-state index in [0.29, 0.717) is 12.5 Å². The van der Waals surface area contributed by atoms with Gasteiger partial charge in [0.05, 0.1) is 5.60 Å². The number of piperidine rings is 1. The molecular formula is C17H26N2O2. The van der Waals surface area contributed by atoms with Gasteiger partial charge in [-0.1, -0.05) is 18.9 Å². The molecule has 0 radical (unpaired) electrons. The number of rotatable bonds is 4. The maximum atomic E-state index is 10.7. The molecule has 0 amide bonds. The van der Waals surface area contributed by atoms with Crippen molar-refractivity contribution in [1.29, 1.82) is 0 Å². The zero-order chi connectivity index (χ0) is 14.7. The molecule has 21 heavy (non-hydrogen) atoms. The maximum Gasteiger partial charge on any atom is 0.121 e. The second-order valence-electron chi connectivity index (χ2n) is 6.52. The quantitative estimate of drug-likeness (QED) is 0.835. The van der Waals surface area contributed by atoms with Crippen molar-refractivity contribution in [2.24, 2.45) is 5.92 Å². The van der Waals surface area contributed by atoms with Crippen LogP contribution in [0.5, 0.6) is 5.75 Å². The molecule has 1 aliphatic carbocycles. The van der Waals surface area contributed by atoms with Gasteiger partial charge in [-0.2, -0.15) is 0 Å². The molecule has 2 atom stereocenters. The molecule has 1 aliphatic heterocycles. The van der Waals surface area contributed by atoms with E-state index < -0.39 is 0 Å². The van der Waals surface area contributed by atoms with Gasteiger partial charge in [0.1, 0.15) is 12.4 Å². The number of anilines is 1. The van der Waals surface area contributed by atoms with Gasteiger partial charge in [-0.05, 0) is 31.4 Å². The minimum absolute atomic E-state index is 0.385. The number of fused-ring (bicyclic) bond motifs is 1. The first kappa shape index (κ1) is 14.7. The zero-order valence-electron chi connectivity index (χ0n) is 12.6. The molecule has 2 fully saturated rings. The highest BCUT2D eigenvalue weighted by atomic mass is 16.5. The molecule has 4 heteroatoms. The first-order valence-electron chi connectivity index (χ1n) is 8.09. The molecule has 116 valence electrons. The number of ether oxygens (including phenoxy) is 1. The highest BCUT2D eigenvalue weighted by molar-refractivity contribution is 5.43. The lowest BCUT2D eigenvalue weighted by molar-refractivity contribution is -0.0963. The number of benzene rings is 1. The van der Waals surface area contributed by atoms with Crippen LogP contribution in [0.25, 0.3) is 0 Å². The van der Waals surface area contributed by atoms with E-state index in [-0.39, 0.29) is 5.60 Å². The van der Waals surface area contributed by atoms with Gasteiger partial charge < -0.3 is 15.6 Å². The molecule has 1 saturated carbocycles. The predicted octanol–water partition coefficient (Wildman–Crippen LogP) is 2.27. The van der Waals surface area contributed by atoms with Crippen LogP contribution in [-0.4, -0.2) is 41.8 Å². The summed E-state index contributed by atoms with van der Waals surface area (Å²) in [5, 5.41) is 10.7. The Morgan fingerprint density at radius 1 is 1.33 bits per heavy atom. The number of likely N-dealkylation sites (tertiary alicyclic amines) is 1. The number of nitrogen functional groups attached to an aromatic ring is 1. The summed E-state index contributed by atoms with van der Waals surface area (Å²) in [5.74, 6) is 1.29. The average molecular weight is 290 g/mol. The second kappa shape index (κ2) is 6.24. The number of nitrogens with zero attached hydrogens (tertiary/aromatic N) is 1. The SMILES string of the molecule is Nc1cccc(OCCN2CCC3(O)CCCCC3C2)c1. The first-order valence-corrected chi connectivity index (χ1v) is 8.09. The number of hydrogen-bond acceptors (Lipinski definition) is 4. The fourth-order valence-electron chi connectivity index (χ4n) is 3.74. The molecule has 1 heterocycles. The minimum Gasteiger partial charge on any atom is -0.492 e. The van der Waals surface area contributed by atoms with Crippen LogP contribution in [0.4, 0.5) is 5.69 Å². The van der Waals surface area contributed by atoms with Crippen LogP contribution >= 0.6 is 0 Å². The molecule has 0 aromatic heterocycles. The smallest absolute Gasteiger partial charge is 0.121 e. The Hall–Kier alpha value is -1.26. The van der Waals surface area contributed by atoms with Gasteiger partial charge >= 0.3 is 0 Å². The molecule has 1 saturated heterocycles. The van der Waals surface area contributed by atoms with E-state index >= 15 is 0 Å². The van der Waals surface area contributed by atoms with Crippen LogP contribution in [0.15, 0.2) is 24.3 Å². The van der Waals surface area contributed by atoms with Crippen LogP contribution in [-0.2, 0) is 0 Å². The van der Waals surface area contributed by atoms with Gasteiger partial charge in [-0.15, -0.1) is 0 Å². The van der Waals surface area contributed by atoms with E-state index in [1.54, 1.807) is 0 Å². The summed E-state index contributed by atoms with van der Waals surface area (Å²) in [5.41, 5.74) is 6.09. The minimum atomic E-state index is -0.385. The monoisotopic (exact) mass is 290 g/mol. The molecule has 3 N–H and O–H groups in total. The molecule has 1 aromatic carbocycles. The Labute approximate surface area is 126 Å². The van der Waals surface area contributed by atoms with Crippen LogP contribution in [0.3, 0.4) is 0 Å². The van der Waals surface area contributed by atoms with Crippen LogP contribution < -0.4 is 10.5 Å². The fourth-order valence-corrected chi connectivity index (χ4v) is 3.74. The maximum absolute atomic E-state index is 10.7. The summed E-state index contributed by atoms with van der Waals surface area (Å²) in [6, 6.07) is 7.57. The number of nitrogens with two attached hydrogens (primary N) is 1. The van der Waals surface area contributed by atoms with Gasteiger partial charge in [-0.3, -0.25) is 4.90 Å². The van der Waals surface area contributed by atoms with E-state index in [9.17, 15) is 5.11 Å². The highest BCUT2D eigenvalue weighted by Gasteiger charge is 2.42. The zero-order valence-corrected chi connectivity index (χ0v) is 12.6. The van der Waals surface area contributed by atoms with Crippen LogP contribution in [0, 0.1) is 5.92 Å². The number of hydrogen-bond donors (Lipinski definition) is 2. The number of aliphatic hydroxyl groups is 1. The molecule has 0 spiro atoms. The van der Waals surface area contributed by atoms with Gasteiger partial charge in [0.15, 0.2) is 0 Å².